The highest BCUT2D eigenvalue weighted by molar-refractivity contribution is 7.89. The Kier molecular flexibility index (Phi) is 5.71. The number of hydrogen-bond acceptors (Lipinski definition) is 3. The molecule has 0 spiro atoms. The van der Waals surface area contributed by atoms with Crippen LogP contribution in [0.3, 0.4) is 0 Å². The van der Waals surface area contributed by atoms with Gasteiger partial charge >= 0.3 is 0 Å². The largest absolute Gasteiger partial charge is 0.389 e. The van der Waals surface area contributed by atoms with Crippen LogP contribution in [0.15, 0.2) is 24.3 Å². The van der Waals surface area contributed by atoms with Gasteiger partial charge in [0.15, 0.2) is 0 Å². The lowest BCUT2D eigenvalue weighted by Gasteiger charge is -2.07. The second-order valence-corrected chi connectivity index (χ2v) is 6.42. The molecule has 0 amide bonds. The number of thiocarbonyl (C=S) groups is 1. The number of sulfonamides is 1. The molecule has 0 saturated carbocycles. The molecule has 0 atom stereocenters. The fourth-order valence-electron chi connectivity index (χ4n) is 1.43. The molecule has 4 nitrogen and oxygen atoms in total. The van der Waals surface area contributed by atoms with E-state index in [0.717, 1.165) is 17.5 Å². The van der Waals surface area contributed by atoms with Crippen molar-refractivity contribution in [1.29, 1.82) is 0 Å². The molecule has 0 aliphatic carbocycles. The van der Waals surface area contributed by atoms with E-state index in [2.05, 4.69) is 4.72 Å². The number of benzene rings is 1. The molecule has 1 aromatic carbocycles. The first-order valence-electron chi connectivity index (χ1n) is 5.80. The second kappa shape index (κ2) is 6.82. The Morgan fingerprint density at radius 2 is 2.17 bits per heavy atom. The lowest BCUT2D eigenvalue weighted by atomic mass is 10.1. The van der Waals surface area contributed by atoms with Crippen LogP contribution in [0.4, 0.5) is 0 Å². The van der Waals surface area contributed by atoms with Crippen molar-refractivity contribution in [2.45, 2.75) is 26.3 Å². The minimum Gasteiger partial charge on any atom is -0.389 e. The van der Waals surface area contributed by atoms with Gasteiger partial charge in [-0.2, -0.15) is 0 Å². The maximum absolute atomic E-state index is 11.6. The fraction of sp³-hybridized carbons (Fsp3) is 0.417. The molecule has 0 unspecified atom stereocenters. The van der Waals surface area contributed by atoms with Crippen LogP contribution in [-0.2, 0) is 16.6 Å². The lowest BCUT2D eigenvalue weighted by molar-refractivity contribution is 0.578. The van der Waals surface area contributed by atoms with Crippen molar-refractivity contribution in [3.8, 4) is 0 Å². The summed E-state index contributed by atoms with van der Waals surface area (Å²) < 4.78 is 25.8. The van der Waals surface area contributed by atoms with Crippen LogP contribution in [0, 0.1) is 0 Å². The Balaban J connectivity index is 2.63. The summed E-state index contributed by atoms with van der Waals surface area (Å²) in [6.45, 7) is 2.23. The van der Waals surface area contributed by atoms with Crippen LogP contribution >= 0.6 is 12.2 Å². The molecule has 1 rings (SSSR count). The van der Waals surface area contributed by atoms with Crippen molar-refractivity contribution in [3.63, 3.8) is 0 Å². The molecule has 0 aliphatic heterocycles. The highest BCUT2D eigenvalue weighted by atomic mass is 32.2. The highest BCUT2D eigenvalue weighted by Crippen LogP contribution is 2.06. The summed E-state index contributed by atoms with van der Waals surface area (Å²) in [6.07, 6.45) is 1.53. The van der Waals surface area contributed by atoms with E-state index in [9.17, 15) is 8.42 Å². The smallest absolute Gasteiger partial charge is 0.211 e. The molecule has 0 fully saturated rings. The first kappa shape index (κ1) is 15.1. The third-order valence-corrected chi connectivity index (χ3v) is 4.12. The second-order valence-electron chi connectivity index (χ2n) is 4.06. The molecule has 1 aromatic rings. The normalized spacial score (nSPS) is 11.4. The Morgan fingerprint density at radius 1 is 1.44 bits per heavy atom. The number of unbranched alkanes of at least 4 members (excludes halogenated alkanes) is 1. The number of rotatable bonds is 7. The van der Waals surface area contributed by atoms with Gasteiger partial charge in [-0.25, -0.2) is 13.1 Å². The molecular formula is C12H18N2O2S2. The Morgan fingerprint density at radius 3 is 2.78 bits per heavy atom. The monoisotopic (exact) mass is 286 g/mol. The molecule has 0 saturated heterocycles. The average molecular weight is 286 g/mol. The molecule has 18 heavy (non-hydrogen) atoms. The zero-order valence-electron chi connectivity index (χ0n) is 10.3. The molecular weight excluding hydrogens is 268 g/mol. The zero-order valence-corrected chi connectivity index (χ0v) is 12.0. The van der Waals surface area contributed by atoms with Crippen LogP contribution in [0.25, 0.3) is 0 Å². The predicted octanol–water partition coefficient (Wildman–Crippen LogP) is 1.54. The minimum atomic E-state index is -3.19. The molecule has 100 valence electrons. The van der Waals surface area contributed by atoms with Crippen molar-refractivity contribution >= 4 is 27.2 Å². The van der Waals surface area contributed by atoms with Crippen molar-refractivity contribution in [2.75, 3.05) is 5.75 Å². The van der Waals surface area contributed by atoms with E-state index in [-0.39, 0.29) is 12.3 Å². The van der Waals surface area contributed by atoms with Gasteiger partial charge in [0.1, 0.15) is 4.99 Å². The predicted molar refractivity (Wildman–Crippen MR) is 77.9 cm³/mol. The number of nitrogens with one attached hydrogen (secondary N) is 1. The van der Waals surface area contributed by atoms with E-state index in [0.29, 0.717) is 11.4 Å². The van der Waals surface area contributed by atoms with Gasteiger partial charge in [0.05, 0.1) is 5.75 Å². The van der Waals surface area contributed by atoms with Crippen molar-refractivity contribution < 1.29 is 8.42 Å². The maximum Gasteiger partial charge on any atom is 0.211 e. The van der Waals surface area contributed by atoms with Gasteiger partial charge in [0.25, 0.3) is 0 Å². The summed E-state index contributed by atoms with van der Waals surface area (Å²) in [5, 5.41) is 0. The van der Waals surface area contributed by atoms with Gasteiger partial charge in [-0.1, -0.05) is 43.8 Å². The first-order chi connectivity index (χ1) is 8.44. The molecule has 0 bridgehead atoms. The fourth-order valence-corrected chi connectivity index (χ4v) is 2.76. The molecule has 0 aliphatic rings. The molecule has 6 heteroatoms. The van der Waals surface area contributed by atoms with Crippen LogP contribution in [0.1, 0.15) is 30.9 Å². The van der Waals surface area contributed by atoms with E-state index in [1.807, 2.05) is 19.1 Å². The minimum absolute atomic E-state index is 0.165. The highest BCUT2D eigenvalue weighted by Gasteiger charge is 2.09. The van der Waals surface area contributed by atoms with Crippen molar-refractivity contribution in [2.24, 2.45) is 5.73 Å². The summed E-state index contributed by atoms with van der Waals surface area (Å²) in [7, 11) is -3.19. The van der Waals surface area contributed by atoms with E-state index in [1.165, 1.54) is 0 Å². The van der Waals surface area contributed by atoms with Gasteiger partial charge in [-0.3, -0.25) is 0 Å². The Labute approximate surface area is 114 Å². The van der Waals surface area contributed by atoms with Crippen LogP contribution in [0.2, 0.25) is 0 Å². The summed E-state index contributed by atoms with van der Waals surface area (Å²) in [4.78, 5) is 0.311. The average Bonchev–Trinajstić information content (AvgIpc) is 2.34. The quantitative estimate of drug-likeness (QED) is 0.746. The molecule has 0 radical (unpaired) electrons. The maximum atomic E-state index is 11.6. The topological polar surface area (TPSA) is 72.2 Å². The molecule has 3 N–H and O–H groups in total. The summed E-state index contributed by atoms with van der Waals surface area (Å²) in [5.74, 6) is 0.165. The van der Waals surface area contributed by atoms with Crippen molar-refractivity contribution in [3.05, 3.63) is 35.4 Å². The first-order valence-corrected chi connectivity index (χ1v) is 7.87. The van der Waals surface area contributed by atoms with E-state index in [1.54, 1.807) is 12.1 Å². The number of hydrogen-bond donors (Lipinski definition) is 2. The Bertz CT molecular complexity index is 513. The summed E-state index contributed by atoms with van der Waals surface area (Å²) >= 11 is 4.88. The third-order valence-electron chi connectivity index (χ3n) is 2.47. The van der Waals surface area contributed by atoms with Crippen LogP contribution in [-0.4, -0.2) is 19.2 Å². The standard InChI is InChI=1S/C12H18N2O2S2/c1-2-3-7-18(15,16)14-9-10-5-4-6-11(8-10)12(13)17/h4-6,8,14H,2-3,7,9H2,1H3,(H2,13,17). The summed E-state index contributed by atoms with van der Waals surface area (Å²) in [5.41, 5.74) is 7.12. The van der Waals surface area contributed by atoms with Gasteiger partial charge in [0.2, 0.25) is 10.0 Å². The van der Waals surface area contributed by atoms with Gasteiger partial charge in [-0.05, 0) is 18.1 Å². The third kappa shape index (κ3) is 5.12. The van der Waals surface area contributed by atoms with Crippen LogP contribution < -0.4 is 10.5 Å². The van der Waals surface area contributed by atoms with E-state index >= 15 is 0 Å². The molecule has 0 heterocycles. The zero-order chi connectivity index (χ0) is 13.6. The summed E-state index contributed by atoms with van der Waals surface area (Å²) in [6, 6.07) is 7.25. The Hall–Kier alpha value is -0.980. The SMILES string of the molecule is CCCCS(=O)(=O)NCc1cccc(C(N)=S)c1. The van der Waals surface area contributed by atoms with E-state index < -0.39 is 10.0 Å². The van der Waals surface area contributed by atoms with Crippen LogP contribution in [0.5, 0.6) is 0 Å². The van der Waals surface area contributed by atoms with E-state index in [4.69, 9.17) is 18.0 Å². The van der Waals surface area contributed by atoms with Crippen molar-refractivity contribution in [1.82, 2.24) is 4.72 Å². The van der Waals surface area contributed by atoms with Gasteiger partial charge in [0, 0.05) is 12.1 Å². The number of nitrogens with two attached hydrogens (primary N) is 1. The lowest BCUT2D eigenvalue weighted by Crippen LogP contribution is -2.26. The van der Waals surface area contributed by atoms with Gasteiger partial charge < -0.3 is 5.73 Å². The van der Waals surface area contributed by atoms with Gasteiger partial charge in [-0.15, -0.1) is 0 Å². The molecule has 0 aromatic heterocycles.